The van der Waals surface area contributed by atoms with Crippen LogP contribution < -0.4 is 15.2 Å². The van der Waals surface area contributed by atoms with Crippen molar-refractivity contribution in [2.45, 2.75) is 33.7 Å². The lowest BCUT2D eigenvalue weighted by molar-refractivity contribution is 0.246. The fraction of sp³-hybridized carbons (Fsp3) is 0.500. The van der Waals surface area contributed by atoms with Crippen LogP contribution in [0.5, 0.6) is 11.5 Å². The van der Waals surface area contributed by atoms with Gasteiger partial charge in [0.05, 0.1) is 13.2 Å². The van der Waals surface area contributed by atoms with Crippen molar-refractivity contribution in [1.29, 1.82) is 0 Å². The molecule has 19 heavy (non-hydrogen) atoms. The molecular weight excluding hydrogens is 238 g/mol. The Bertz CT molecular complexity index is 413. The molecular formula is C16H25NO2. The third kappa shape index (κ3) is 4.60. The maximum Gasteiger partial charge on any atom is 0.164 e. The summed E-state index contributed by atoms with van der Waals surface area (Å²) in [5.41, 5.74) is 7.87. The quantitative estimate of drug-likeness (QED) is 0.732. The lowest BCUT2D eigenvalue weighted by Gasteiger charge is -2.18. The summed E-state index contributed by atoms with van der Waals surface area (Å²) in [5, 5.41) is 0. The van der Waals surface area contributed by atoms with E-state index in [9.17, 15) is 0 Å². The molecule has 0 aliphatic heterocycles. The van der Waals surface area contributed by atoms with Gasteiger partial charge in [-0.3, -0.25) is 0 Å². The Morgan fingerprint density at radius 3 is 2.58 bits per heavy atom. The Morgan fingerprint density at radius 2 is 2.05 bits per heavy atom. The predicted molar refractivity (Wildman–Crippen MR) is 79.7 cm³/mol. The first-order chi connectivity index (χ1) is 9.12. The van der Waals surface area contributed by atoms with Crippen molar-refractivity contribution in [3.63, 3.8) is 0 Å². The van der Waals surface area contributed by atoms with Gasteiger partial charge in [0.25, 0.3) is 0 Å². The fourth-order valence-corrected chi connectivity index (χ4v) is 1.82. The molecule has 0 saturated carbocycles. The summed E-state index contributed by atoms with van der Waals surface area (Å²) in [6, 6.07) is 4.03. The van der Waals surface area contributed by atoms with Crippen molar-refractivity contribution in [2.75, 3.05) is 13.2 Å². The van der Waals surface area contributed by atoms with Crippen LogP contribution >= 0.6 is 0 Å². The van der Waals surface area contributed by atoms with Gasteiger partial charge in [0, 0.05) is 12.1 Å². The van der Waals surface area contributed by atoms with Crippen molar-refractivity contribution < 1.29 is 9.47 Å². The molecule has 0 saturated heterocycles. The highest BCUT2D eigenvalue weighted by atomic mass is 16.5. The molecule has 0 fully saturated rings. The highest BCUT2D eigenvalue weighted by molar-refractivity contribution is 5.50. The molecule has 2 N–H and O–H groups in total. The molecule has 0 bridgehead atoms. The van der Waals surface area contributed by atoms with Crippen molar-refractivity contribution >= 4 is 0 Å². The number of benzene rings is 1. The summed E-state index contributed by atoms with van der Waals surface area (Å²) < 4.78 is 11.6. The number of rotatable bonds is 8. The van der Waals surface area contributed by atoms with Crippen LogP contribution in [0.3, 0.4) is 0 Å². The van der Waals surface area contributed by atoms with Gasteiger partial charge in [-0.2, -0.15) is 0 Å². The van der Waals surface area contributed by atoms with Gasteiger partial charge in [-0.05, 0) is 30.9 Å². The summed E-state index contributed by atoms with van der Waals surface area (Å²) in [4.78, 5) is 0. The molecule has 0 aliphatic rings. The number of hydrogen-bond donors (Lipinski definition) is 1. The third-order valence-electron chi connectivity index (χ3n) is 2.65. The maximum atomic E-state index is 5.92. The van der Waals surface area contributed by atoms with E-state index in [1.165, 1.54) is 0 Å². The summed E-state index contributed by atoms with van der Waals surface area (Å²) in [5.74, 6) is 2.08. The zero-order chi connectivity index (χ0) is 14.3. The minimum absolute atomic E-state index is 0.472. The number of nitrogens with two attached hydrogens (primary N) is 1. The second-order valence-electron chi connectivity index (χ2n) is 4.92. The van der Waals surface area contributed by atoms with E-state index < -0.39 is 0 Å². The molecule has 0 unspecified atom stereocenters. The molecule has 0 radical (unpaired) electrons. The van der Waals surface area contributed by atoms with E-state index in [1.54, 1.807) is 0 Å². The molecule has 1 aromatic rings. The zero-order valence-corrected chi connectivity index (χ0v) is 12.2. The van der Waals surface area contributed by atoms with Crippen LogP contribution in [0.2, 0.25) is 0 Å². The first-order valence-electron chi connectivity index (χ1n) is 6.84. The molecule has 0 spiro atoms. The summed E-state index contributed by atoms with van der Waals surface area (Å²) in [7, 11) is 0. The van der Waals surface area contributed by atoms with Crippen LogP contribution in [0.15, 0.2) is 24.8 Å². The maximum absolute atomic E-state index is 5.92. The van der Waals surface area contributed by atoms with Gasteiger partial charge in [-0.25, -0.2) is 0 Å². The first-order valence-corrected chi connectivity index (χ1v) is 6.84. The predicted octanol–water partition coefficient (Wildman–Crippen LogP) is 3.31. The first kappa shape index (κ1) is 15.6. The third-order valence-corrected chi connectivity index (χ3v) is 2.65. The smallest absolute Gasteiger partial charge is 0.164 e. The van der Waals surface area contributed by atoms with Gasteiger partial charge < -0.3 is 15.2 Å². The molecule has 1 rings (SSSR count). The molecule has 0 aromatic heterocycles. The minimum atomic E-state index is 0.472. The van der Waals surface area contributed by atoms with Crippen LogP contribution in [0, 0.1) is 5.92 Å². The Labute approximate surface area is 116 Å². The molecule has 3 nitrogen and oxygen atoms in total. The average Bonchev–Trinajstić information content (AvgIpc) is 2.37. The zero-order valence-electron chi connectivity index (χ0n) is 12.2. The van der Waals surface area contributed by atoms with Gasteiger partial charge >= 0.3 is 0 Å². The molecule has 1 aromatic carbocycles. The van der Waals surface area contributed by atoms with Crippen LogP contribution in [-0.2, 0) is 13.0 Å². The lowest BCUT2D eigenvalue weighted by Crippen LogP contribution is -2.09. The van der Waals surface area contributed by atoms with Crippen molar-refractivity contribution in [2.24, 2.45) is 11.7 Å². The van der Waals surface area contributed by atoms with Gasteiger partial charge in [0.1, 0.15) is 0 Å². The normalized spacial score (nSPS) is 10.6. The van der Waals surface area contributed by atoms with Crippen LogP contribution in [0.25, 0.3) is 0 Å². The number of allylic oxidation sites excluding steroid dienone is 1. The van der Waals surface area contributed by atoms with E-state index in [-0.39, 0.29) is 0 Å². The largest absolute Gasteiger partial charge is 0.490 e. The van der Waals surface area contributed by atoms with Crippen LogP contribution in [0.1, 0.15) is 31.9 Å². The standard InChI is InChI=1S/C16H25NO2/c1-5-7-14-8-13(10-17)9-15(18-6-2)16(14)19-11-12(3)4/h5,8-9,12H,1,6-7,10-11,17H2,2-4H3. The van der Waals surface area contributed by atoms with Gasteiger partial charge in [-0.15, -0.1) is 6.58 Å². The van der Waals surface area contributed by atoms with Crippen molar-refractivity contribution in [1.82, 2.24) is 0 Å². The molecule has 0 aliphatic carbocycles. The Hall–Kier alpha value is -1.48. The highest BCUT2D eigenvalue weighted by Gasteiger charge is 2.13. The molecule has 0 atom stereocenters. The topological polar surface area (TPSA) is 44.5 Å². The Morgan fingerprint density at radius 1 is 1.32 bits per heavy atom. The Balaban J connectivity index is 3.14. The average molecular weight is 263 g/mol. The van der Waals surface area contributed by atoms with E-state index in [1.807, 2.05) is 19.1 Å². The van der Waals surface area contributed by atoms with E-state index in [0.717, 1.165) is 29.0 Å². The SMILES string of the molecule is C=CCc1cc(CN)cc(OCC)c1OCC(C)C. The van der Waals surface area contributed by atoms with Gasteiger partial charge in [0.15, 0.2) is 11.5 Å². The Kier molecular flexibility index (Phi) is 6.43. The molecule has 106 valence electrons. The number of ether oxygens (including phenoxy) is 2. The van der Waals surface area contributed by atoms with E-state index in [2.05, 4.69) is 26.5 Å². The van der Waals surface area contributed by atoms with E-state index >= 15 is 0 Å². The van der Waals surface area contributed by atoms with E-state index in [4.69, 9.17) is 15.2 Å². The summed E-state index contributed by atoms with van der Waals surface area (Å²) in [6.07, 6.45) is 2.62. The molecule has 0 heterocycles. The highest BCUT2D eigenvalue weighted by Crippen LogP contribution is 2.34. The second kappa shape index (κ2) is 7.85. The van der Waals surface area contributed by atoms with Crippen molar-refractivity contribution in [3.8, 4) is 11.5 Å². The van der Waals surface area contributed by atoms with Crippen LogP contribution in [0.4, 0.5) is 0 Å². The summed E-state index contributed by atoms with van der Waals surface area (Å²) in [6.45, 7) is 11.8. The van der Waals surface area contributed by atoms with Gasteiger partial charge in [0.2, 0.25) is 0 Å². The second-order valence-corrected chi connectivity index (χ2v) is 4.92. The van der Waals surface area contributed by atoms with Gasteiger partial charge in [-0.1, -0.05) is 26.0 Å². The number of hydrogen-bond acceptors (Lipinski definition) is 3. The summed E-state index contributed by atoms with van der Waals surface area (Å²) >= 11 is 0. The van der Waals surface area contributed by atoms with E-state index in [0.29, 0.717) is 25.7 Å². The molecule has 0 amide bonds. The minimum Gasteiger partial charge on any atom is -0.490 e. The van der Waals surface area contributed by atoms with Crippen molar-refractivity contribution in [3.05, 3.63) is 35.9 Å². The van der Waals surface area contributed by atoms with Crippen LogP contribution in [-0.4, -0.2) is 13.2 Å². The molecule has 3 heteroatoms. The lowest BCUT2D eigenvalue weighted by atomic mass is 10.1. The monoisotopic (exact) mass is 263 g/mol. The fourth-order valence-electron chi connectivity index (χ4n) is 1.82.